The van der Waals surface area contributed by atoms with Crippen molar-refractivity contribution in [1.29, 1.82) is 0 Å². The van der Waals surface area contributed by atoms with Crippen molar-refractivity contribution in [3.8, 4) is 11.6 Å². The first-order valence-corrected chi connectivity index (χ1v) is 10.8. The van der Waals surface area contributed by atoms with Crippen LogP contribution in [0.2, 0.25) is 0 Å². The number of likely N-dealkylation sites (tertiary alicyclic amines) is 1. The van der Waals surface area contributed by atoms with E-state index in [1.165, 1.54) is 12.3 Å². The molecule has 4 rings (SSSR count). The molecule has 10 heteroatoms. The molecule has 1 aliphatic heterocycles. The zero-order valence-electron chi connectivity index (χ0n) is 15.9. The molecule has 2 N–H and O–H groups in total. The number of aromatic amines is 1. The van der Waals surface area contributed by atoms with E-state index in [1.54, 1.807) is 4.90 Å². The number of rotatable bonds is 6. The van der Waals surface area contributed by atoms with Crippen LogP contribution in [-0.4, -0.2) is 47.5 Å². The minimum absolute atomic E-state index is 0.0465. The molecule has 0 unspecified atom stereocenters. The van der Waals surface area contributed by atoms with Gasteiger partial charge >= 0.3 is 11.8 Å². The summed E-state index contributed by atoms with van der Waals surface area (Å²) in [6.07, 6.45) is 3.26. The molecule has 9 nitrogen and oxygen atoms in total. The van der Waals surface area contributed by atoms with Crippen LogP contribution in [0.25, 0.3) is 11.6 Å². The highest BCUT2D eigenvalue weighted by Crippen LogP contribution is 2.22. The van der Waals surface area contributed by atoms with Crippen LogP contribution in [0, 0.1) is 6.92 Å². The van der Waals surface area contributed by atoms with Gasteiger partial charge in [-0.2, -0.15) is 0 Å². The van der Waals surface area contributed by atoms with E-state index in [1.807, 2.05) is 31.2 Å². The Morgan fingerprint density at radius 1 is 1.21 bits per heavy atom. The maximum absolute atomic E-state index is 12.5. The van der Waals surface area contributed by atoms with Crippen LogP contribution >= 0.6 is 0 Å². The predicted octanol–water partition coefficient (Wildman–Crippen LogP) is 2.09. The fourth-order valence-corrected chi connectivity index (χ4v) is 4.11. The lowest BCUT2D eigenvalue weighted by molar-refractivity contribution is 0.0754. The van der Waals surface area contributed by atoms with E-state index in [4.69, 9.17) is 4.42 Å². The molecule has 2 aromatic heterocycles. The number of amides is 1. The van der Waals surface area contributed by atoms with Gasteiger partial charge in [0.1, 0.15) is 10.6 Å². The molecule has 0 bridgehead atoms. The molecule has 1 aliphatic rings. The summed E-state index contributed by atoms with van der Waals surface area (Å²) in [6, 6.07) is 8.99. The first-order valence-electron chi connectivity index (χ1n) is 9.29. The van der Waals surface area contributed by atoms with Crippen LogP contribution < -0.4 is 4.72 Å². The number of carbonyl (C=O) groups excluding carboxylic acids is 1. The third-order valence-corrected chi connectivity index (χ3v) is 6.17. The van der Waals surface area contributed by atoms with Gasteiger partial charge in [0.15, 0.2) is 0 Å². The number of carbonyl (C=O) groups is 1. The maximum Gasteiger partial charge on any atom is 0.311 e. The third-order valence-electron chi connectivity index (χ3n) is 4.79. The topological polar surface area (TPSA) is 121 Å². The molecule has 0 radical (unpaired) electrons. The summed E-state index contributed by atoms with van der Waals surface area (Å²) in [5.74, 6) is -0.341. The van der Waals surface area contributed by atoms with Gasteiger partial charge in [0.05, 0.1) is 0 Å². The molecule has 0 spiro atoms. The van der Waals surface area contributed by atoms with Crippen molar-refractivity contribution < 1.29 is 17.6 Å². The summed E-state index contributed by atoms with van der Waals surface area (Å²) in [5, 5.41) is 7.66. The molecule has 0 aliphatic carbocycles. The lowest BCUT2D eigenvalue weighted by Crippen LogP contribution is -2.27. The Kier molecular flexibility index (Phi) is 5.20. The minimum Gasteiger partial charge on any atom is -0.411 e. The number of nitrogens with zero attached hydrogens (tertiary/aromatic N) is 3. The first kappa shape index (κ1) is 19.3. The maximum atomic E-state index is 12.5. The second-order valence-corrected chi connectivity index (χ2v) is 8.74. The standard InChI is InChI=1S/C19H21N5O4S/c1-13-4-6-14(7-5-13)11-21-29(26,27)15-10-16(20-12-15)17-22-23-18(28-17)19(25)24-8-2-3-9-24/h4-7,10,12,20-21H,2-3,8-9,11H2,1H3. The van der Waals surface area contributed by atoms with Gasteiger partial charge < -0.3 is 14.3 Å². The van der Waals surface area contributed by atoms with Crippen LogP contribution in [0.1, 0.15) is 34.7 Å². The van der Waals surface area contributed by atoms with Crippen molar-refractivity contribution in [1.82, 2.24) is 24.8 Å². The van der Waals surface area contributed by atoms with E-state index < -0.39 is 10.0 Å². The van der Waals surface area contributed by atoms with Gasteiger partial charge in [-0.15, -0.1) is 10.2 Å². The Balaban J connectivity index is 1.46. The van der Waals surface area contributed by atoms with E-state index in [-0.39, 0.29) is 29.1 Å². The van der Waals surface area contributed by atoms with Crippen molar-refractivity contribution in [2.45, 2.75) is 31.2 Å². The van der Waals surface area contributed by atoms with Gasteiger partial charge in [0.2, 0.25) is 10.0 Å². The van der Waals surface area contributed by atoms with Crippen LogP contribution in [0.4, 0.5) is 0 Å². The lowest BCUT2D eigenvalue weighted by atomic mass is 10.2. The van der Waals surface area contributed by atoms with Gasteiger partial charge in [-0.1, -0.05) is 29.8 Å². The Morgan fingerprint density at radius 3 is 2.66 bits per heavy atom. The Hall–Kier alpha value is -2.98. The predicted molar refractivity (Wildman–Crippen MR) is 104 cm³/mol. The van der Waals surface area contributed by atoms with Crippen LogP contribution in [0.15, 0.2) is 45.8 Å². The van der Waals surface area contributed by atoms with E-state index >= 15 is 0 Å². The van der Waals surface area contributed by atoms with Crippen molar-refractivity contribution in [3.05, 3.63) is 53.5 Å². The zero-order valence-corrected chi connectivity index (χ0v) is 16.7. The highest BCUT2D eigenvalue weighted by Gasteiger charge is 2.25. The zero-order chi connectivity index (χ0) is 20.4. The summed E-state index contributed by atoms with van der Waals surface area (Å²) < 4.78 is 33.1. The quantitative estimate of drug-likeness (QED) is 0.636. The SMILES string of the molecule is Cc1ccc(CNS(=O)(=O)c2c[nH]c(-c3nnc(C(=O)N4CCCC4)o3)c2)cc1. The summed E-state index contributed by atoms with van der Waals surface area (Å²) in [5.41, 5.74) is 2.29. The molecular weight excluding hydrogens is 394 g/mol. The smallest absolute Gasteiger partial charge is 0.311 e. The monoisotopic (exact) mass is 415 g/mol. The van der Waals surface area contributed by atoms with Gasteiger partial charge in [0, 0.05) is 25.8 Å². The molecule has 0 atom stereocenters. The number of benzene rings is 1. The molecule has 152 valence electrons. The Morgan fingerprint density at radius 2 is 1.93 bits per heavy atom. The van der Waals surface area contributed by atoms with Gasteiger partial charge in [0.25, 0.3) is 5.89 Å². The summed E-state index contributed by atoms with van der Waals surface area (Å²) >= 11 is 0. The normalized spacial score (nSPS) is 14.4. The molecule has 29 heavy (non-hydrogen) atoms. The highest BCUT2D eigenvalue weighted by molar-refractivity contribution is 7.89. The van der Waals surface area contributed by atoms with Crippen molar-refractivity contribution in [2.24, 2.45) is 0 Å². The first-order chi connectivity index (χ1) is 13.9. The van der Waals surface area contributed by atoms with Gasteiger partial charge in [-0.25, -0.2) is 13.1 Å². The number of aromatic nitrogens is 3. The average Bonchev–Trinajstić information content (AvgIpc) is 3.48. The average molecular weight is 415 g/mol. The third kappa shape index (κ3) is 4.22. The van der Waals surface area contributed by atoms with E-state index in [9.17, 15) is 13.2 Å². The number of aryl methyl sites for hydroxylation is 1. The lowest BCUT2D eigenvalue weighted by Gasteiger charge is -2.11. The molecule has 3 aromatic rings. The number of H-pyrrole nitrogens is 1. The van der Waals surface area contributed by atoms with Gasteiger partial charge in [-0.3, -0.25) is 4.79 Å². The van der Waals surface area contributed by atoms with Crippen LogP contribution in [0.5, 0.6) is 0 Å². The minimum atomic E-state index is -3.72. The molecule has 3 heterocycles. The number of sulfonamides is 1. The second kappa shape index (κ2) is 7.80. The Labute approximate surface area is 168 Å². The van der Waals surface area contributed by atoms with Gasteiger partial charge in [-0.05, 0) is 31.4 Å². The number of hydrogen-bond acceptors (Lipinski definition) is 6. The van der Waals surface area contributed by atoms with Crippen LogP contribution in [-0.2, 0) is 16.6 Å². The molecule has 1 amide bonds. The molecule has 1 saturated heterocycles. The van der Waals surface area contributed by atoms with E-state index in [2.05, 4.69) is 19.9 Å². The second-order valence-electron chi connectivity index (χ2n) is 6.97. The molecular formula is C19H21N5O4S. The van der Waals surface area contributed by atoms with Crippen molar-refractivity contribution in [3.63, 3.8) is 0 Å². The number of hydrogen-bond donors (Lipinski definition) is 2. The molecule has 1 aromatic carbocycles. The summed E-state index contributed by atoms with van der Waals surface area (Å²) in [4.78, 5) is 16.8. The number of nitrogens with one attached hydrogen (secondary N) is 2. The van der Waals surface area contributed by atoms with Crippen molar-refractivity contribution >= 4 is 15.9 Å². The van der Waals surface area contributed by atoms with E-state index in [0.29, 0.717) is 18.8 Å². The summed E-state index contributed by atoms with van der Waals surface area (Å²) in [7, 11) is -3.72. The molecule has 1 fully saturated rings. The summed E-state index contributed by atoms with van der Waals surface area (Å²) in [6.45, 7) is 3.50. The largest absolute Gasteiger partial charge is 0.411 e. The Bertz CT molecular complexity index is 1110. The van der Waals surface area contributed by atoms with Crippen molar-refractivity contribution in [2.75, 3.05) is 13.1 Å². The van der Waals surface area contributed by atoms with Crippen LogP contribution in [0.3, 0.4) is 0 Å². The van der Waals surface area contributed by atoms with E-state index in [0.717, 1.165) is 24.0 Å². The fraction of sp³-hybridized carbons (Fsp3) is 0.316. The fourth-order valence-electron chi connectivity index (χ4n) is 3.09. The highest BCUT2D eigenvalue weighted by atomic mass is 32.2. The molecule has 0 saturated carbocycles.